The zero-order valence-electron chi connectivity index (χ0n) is 10.9. The third-order valence-corrected chi connectivity index (χ3v) is 2.87. The molecule has 0 aliphatic heterocycles. The maximum absolute atomic E-state index is 12.8. The predicted molar refractivity (Wildman–Crippen MR) is 72.4 cm³/mol. The Morgan fingerprint density at radius 2 is 2.05 bits per heavy atom. The van der Waals surface area contributed by atoms with Crippen molar-refractivity contribution in [1.82, 2.24) is 14.8 Å². The van der Waals surface area contributed by atoms with Gasteiger partial charge >= 0.3 is 0 Å². The molecule has 20 heavy (non-hydrogen) atoms. The van der Waals surface area contributed by atoms with Gasteiger partial charge in [-0.3, -0.25) is 0 Å². The van der Waals surface area contributed by atoms with Crippen molar-refractivity contribution < 1.29 is 8.81 Å². The summed E-state index contributed by atoms with van der Waals surface area (Å²) in [5.41, 5.74) is 0.967. The normalized spacial score (nSPS) is 10.7. The van der Waals surface area contributed by atoms with E-state index in [0.717, 1.165) is 5.56 Å². The summed E-state index contributed by atoms with van der Waals surface area (Å²) in [4.78, 5) is 4.36. The highest BCUT2D eigenvalue weighted by molar-refractivity contribution is 5.48. The van der Waals surface area contributed by atoms with Gasteiger partial charge in [-0.25, -0.2) is 9.07 Å². The van der Waals surface area contributed by atoms with Crippen LogP contribution in [0.15, 0.2) is 47.1 Å². The first-order valence-electron chi connectivity index (χ1n) is 6.15. The van der Waals surface area contributed by atoms with Gasteiger partial charge < -0.3 is 9.73 Å². The molecule has 1 aromatic carbocycles. The summed E-state index contributed by atoms with van der Waals surface area (Å²) in [7, 11) is 1.80. The summed E-state index contributed by atoms with van der Waals surface area (Å²) in [6, 6.07) is 9.92. The van der Waals surface area contributed by atoms with Crippen LogP contribution in [0.2, 0.25) is 0 Å². The summed E-state index contributed by atoms with van der Waals surface area (Å²) in [5, 5.41) is 7.43. The van der Waals surface area contributed by atoms with E-state index in [9.17, 15) is 4.39 Å². The Hall–Kier alpha value is -2.63. The van der Waals surface area contributed by atoms with Gasteiger partial charge in [0, 0.05) is 13.6 Å². The fraction of sp³-hybridized carbons (Fsp3) is 0.143. The maximum Gasteiger partial charge on any atom is 0.221 e. The molecule has 3 aromatic rings. The van der Waals surface area contributed by atoms with Crippen LogP contribution < -0.4 is 5.32 Å². The molecule has 3 rings (SSSR count). The van der Waals surface area contributed by atoms with E-state index in [1.165, 1.54) is 12.1 Å². The van der Waals surface area contributed by atoms with Gasteiger partial charge in [-0.15, -0.1) is 5.10 Å². The molecular weight excluding hydrogens is 259 g/mol. The van der Waals surface area contributed by atoms with Gasteiger partial charge in [0.1, 0.15) is 5.82 Å². The second-order valence-electron chi connectivity index (χ2n) is 4.34. The van der Waals surface area contributed by atoms with Crippen LogP contribution in [0, 0.1) is 5.82 Å². The van der Waals surface area contributed by atoms with E-state index in [0.29, 0.717) is 24.1 Å². The summed E-state index contributed by atoms with van der Waals surface area (Å²) in [5.74, 6) is 1.53. The second-order valence-corrected chi connectivity index (χ2v) is 4.34. The number of benzene rings is 1. The minimum atomic E-state index is -0.243. The molecule has 0 amide bonds. The van der Waals surface area contributed by atoms with Crippen molar-refractivity contribution in [3.05, 3.63) is 54.0 Å². The largest absolute Gasteiger partial charge is 0.461 e. The third-order valence-electron chi connectivity index (χ3n) is 2.87. The van der Waals surface area contributed by atoms with Crippen LogP contribution >= 0.6 is 0 Å². The van der Waals surface area contributed by atoms with Gasteiger partial charge in [0.2, 0.25) is 11.8 Å². The predicted octanol–water partition coefficient (Wildman–Crippen LogP) is 2.83. The van der Waals surface area contributed by atoms with Crippen molar-refractivity contribution in [3.8, 4) is 11.6 Å². The molecule has 0 atom stereocenters. The highest BCUT2D eigenvalue weighted by Gasteiger charge is 2.10. The molecule has 0 saturated carbocycles. The number of furan rings is 1. The second kappa shape index (κ2) is 5.16. The van der Waals surface area contributed by atoms with Crippen LogP contribution in [0.25, 0.3) is 11.6 Å². The summed E-state index contributed by atoms with van der Waals surface area (Å²) < 4.78 is 19.7. The van der Waals surface area contributed by atoms with Crippen molar-refractivity contribution in [1.29, 1.82) is 0 Å². The van der Waals surface area contributed by atoms with Gasteiger partial charge in [0.15, 0.2) is 5.76 Å². The number of nitrogens with zero attached hydrogens (tertiary/aromatic N) is 3. The SMILES string of the molecule is Cn1nc(-c2ccco2)nc1NCc1ccc(F)cc1. The maximum atomic E-state index is 12.8. The van der Waals surface area contributed by atoms with E-state index in [4.69, 9.17) is 4.42 Å². The van der Waals surface area contributed by atoms with E-state index in [-0.39, 0.29) is 5.82 Å². The molecule has 2 heterocycles. The molecule has 0 aliphatic carbocycles. The number of aromatic nitrogens is 3. The number of hydrogen-bond acceptors (Lipinski definition) is 4. The minimum absolute atomic E-state index is 0.243. The zero-order chi connectivity index (χ0) is 13.9. The molecule has 0 unspecified atom stereocenters. The molecule has 0 radical (unpaired) electrons. The molecule has 0 bridgehead atoms. The summed E-state index contributed by atoms with van der Waals surface area (Å²) in [6.07, 6.45) is 1.58. The Balaban J connectivity index is 1.73. The van der Waals surface area contributed by atoms with Crippen molar-refractivity contribution in [2.45, 2.75) is 6.54 Å². The molecule has 1 N–H and O–H groups in total. The van der Waals surface area contributed by atoms with Gasteiger partial charge in [-0.1, -0.05) is 12.1 Å². The molecule has 102 valence electrons. The Kier molecular flexibility index (Phi) is 3.20. The van der Waals surface area contributed by atoms with E-state index in [1.54, 1.807) is 42.3 Å². The van der Waals surface area contributed by atoms with Gasteiger partial charge in [-0.05, 0) is 29.8 Å². The minimum Gasteiger partial charge on any atom is -0.461 e. The monoisotopic (exact) mass is 272 g/mol. The van der Waals surface area contributed by atoms with Crippen LogP contribution in [0.3, 0.4) is 0 Å². The summed E-state index contributed by atoms with van der Waals surface area (Å²) in [6.45, 7) is 0.546. The lowest BCUT2D eigenvalue weighted by atomic mass is 10.2. The number of nitrogens with one attached hydrogen (secondary N) is 1. The Labute approximate surface area is 115 Å². The Morgan fingerprint density at radius 1 is 1.25 bits per heavy atom. The lowest BCUT2D eigenvalue weighted by molar-refractivity contribution is 0.576. The number of hydrogen-bond donors (Lipinski definition) is 1. The molecule has 6 heteroatoms. The zero-order valence-corrected chi connectivity index (χ0v) is 10.9. The van der Waals surface area contributed by atoms with Crippen LogP contribution in [0.4, 0.5) is 10.3 Å². The van der Waals surface area contributed by atoms with Gasteiger partial charge in [0.05, 0.1) is 6.26 Å². The molecule has 0 saturated heterocycles. The Bertz CT molecular complexity index is 689. The van der Waals surface area contributed by atoms with Crippen molar-refractivity contribution in [2.24, 2.45) is 7.05 Å². The van der Waals surface area contributed by atoms with Gasteiger partial charge in [-0.2, -0.15) is 4.98 Å². The highest BCUT2D eigenvalue weighted by Crippen LogP contribution is 2.17. The fourth-order valence-corrected chi connectivity index (χ4v) is 1.83. The van der Waals surface area contributed by atoms with Crippen LogP contribution in [-0.2, 0) is 13.6 Å². The average molecular weight is 272 g/mol. The topological polar surface area (TPSA) is 55.9 Å². The average Bonchev–Trinajstić information content (AvgIpc) is 3.08. The van der Waals surface area contributed by atoms with Crippen LogP contribution in [-0.4, -0.2) is 14.8 Å². The number of aryl methyl sites for hydroxylation is 1. The lowest BCUT2D eigenvalue weighted by Crippen LogP contribution is -2.05. The van der Waals surface area contributed by atoms with Crippen molar-refractivity contribution in [3.63, 3.8) is 0 Å². The molecule has 0 fully saturated rings. The highest BCUT2D eigenvalue weighted by atomic mass is 19.1. The van der Waals surface area contributed by atoms with Crippen LogP contribution in [0.5, 0.6) is 0 Å². The van der Waals surface area contributed by atoms with E-state index >= 15 is 0 Å². The first kappa shape index (κ1) is 12.4. The Morgan fingerprint density at radius 3 is 2.75 bits per heavy atom. The molecular formula is C14H13FN4O. The number of rotatable bonds is 4. The van der Waals surface area contributed by atoms with Gasteiger partial charge in [0.25, 0.3) is 0 Å². The third kappa shape index (κ3) is 2.54. The molecule has 0 aliphatic rings. The van der Waals surface area contributed by atoms with E-state index in [1.807, 2.05) is 0 Å². The molecule has 5 nitrogen and oxygen atoms in total. The quantitative estimate of drug-likeness (QED) is 0.793. The van der Waals surface area contributed by atoms with E-state index in [2.05, 4.69) is 15.4 Å². The van der Waals surface area contributed by atoms with E-state index < -0.39 is 0 Å². The first-order valence-corrected chi connectivity index (χ1v) is 6.15. The first-order chi connectivity index (χ1) is 9.72. The van der Waals surface area contributed by atoms with Crippen molar-refractivity contribution in [2.75, 3.05) is 5.32 Å². The number of anilines is 1. The van der Waals surface area contributed by atoms with Crippen LogP contribution in [0.1, 0.15) is 5.56 Å². The van der Waals surface area contributed by atoms with Crippen molar-refractivity contribution >= 4 is 5.95 Å². The summed E-state index contributed by atoms with van der Waals surface area (Å²) >= 11 is 0. The molecule has 2 aromatic heterocycles. The smallest absolute Gasteiger partial charge is 0.221 e. The molecule has 0 spiro atoms. The number of halogens is 1. The lowest BCUT2D eigenvalue weighted by Gasteiger charge is -2.04. The fourth-order valence-electron chi connectivity index (χ4n) is 1.83. The standard InChI is InChI=1S/C14H13FN4O/c1-19-14(16-9-10-4-6-11(15)7-5-10)17-13(18-19)12-3-2-8-20-12/h2-8H,9H2,1H3,(H,16,17,18).